The van der Waals surface area contributed by atoms with Gasteiger partial charge in [-0.2, -0.15) is 0 Å². The molecule has 2 N–H and O–H groups in total. The van der Waals surface area contributed by atoms with E-state index in [0.717, 1.165) is 25.3 Å². The van der Waals surface area contributed by atoms with Crippen LogP contribution in [0.25, 0.3) is 0 Å². The number of carboxylic acid groups (broad SMARTS) is 2. The van der Waals surface area contributed by atoms with E-state index in [0.29, 0.717) is 19.6 Å². The molecule has 0 aliphatic heterocycles. The summed E-state index contributed by atoms with van der Waals surface area (Å²) >= 11 is 0. The van der Waals surface area contributed by atoms with E-state index in [4.69, 9.17) is 19.7 Å². The molecule has 0 radical (unpaired) electrons. The van der Waals surface area contributed by atoms with Crippen LogP contribution in [0.3, 0.4) is 0 Å². The zero-order valence-corrected chi connectivity index (χ0v) is 14.5. The molecular weight excluding hydrogens is 292 g/mol. The molecule has 0 fully saturated rings. The van der Waals surface area contributed by atoms with Crippen LogP contribution in [0, 0.1) is 5.92 Å². The molecule has 6 nitrogen and oxygen atoms in total. The van der Waals surface area contributed by atoms with Gasteiger partial charge >= 0.3 is 11.9 Å². The van der Waals surface area contributed by atoms with Crippen molar-refractivity contribution in [2.24, 2.45) is 5.92 Å². The number of hydrogen-bond donors (Lipinski definition) is 2. The third kappa shape index (κ3) is 11.4. The van der Waals surface area contributed by atoms with Crippen LogP contribution in [-0.2, 0) is 19.1 Å². The molecule has 0 rings (SSSR count). The Hall–Kier alpha value is -0.923. The molecule has 1 atom stereocenters. The Morgan fingerprint density at radius 1 is 1.05 bits per heavy atom. The molecule has 0 aromatic carbocycles. The van der Waals surface area contributed by atoms with E-state index < -0.39 is 27.4 Å². The zero-order valence-electron chi connectivity index (χ0n) is 13.0. The molecule has 21 heavy (non-hydrogen) atoms. The first-order valence-electron chi connectivity index (χ1n) is 7.69. The quantitative estimate of drug-likeness (QED) is 0.287. The minimum absolute atomic E-state index is 0.0150. The van der Waals surface area contributed by atoms with Gasteiger partial charge in [0.15, 0.2) is 0 Å². The molecule has 0 aliphatic carbocycles. The van der Waals surface area contributed by atoms with Crippen LogP contribution in [0.1, 0.15) is 46.0 Å². The van der Waals surface area contributed by atoms with Crippen LogP contribution in [0.5, 0.6) is 0 Å². The highest BCUT2D eigenvalue weighted by Crippen LogP contribution is 2.15. The number of aliphatic carboxylic acids is 2. The summed E-state index contributed by atoms with van der Waals surface area (Å²) in [7, 11) is -0.433. The second kappa shape index (κ2) is 12.8. The van der Waals surface area contributed by atoms with Crippen LogP contribution >= 0.6 is 0 Å². The fraction of sp³-hybridized carbons (Fsp3) is 0.857. The lowest BCUT2D eigenvalue weighted by Crippen LogP contribution is -2.24. The summed E-state index contributed by atoms with van der Waals surface area (Å²) in [5.74, 6) is -2.84. The average molecular weight is 320 g/mol. The fourth-order valence-corrected chi connectivity index (χ4v) is 3.95. The molecule has 0 aliphatic rings. The molecule has 0 saturated heterocycles. The van der Waals surface area contributed by atoms with Crippen molar-refractivity contribution >= 4 is 21.5 Å². The van der Waals surface area contributed by atoms with E-state index in [1.54, 1.807) is 0 Å². The molecule has 124 valence electrons. The van der Waals surface area contributed by atoms with Gasteiger partial charge < -0.3 is 19.7 Å². The number of ether oxygens (including phenoxy) is 2. The maximum atomic E-state index is 10.9. The van der Waals surface area contributed by atoms with Crippen molar-refractivity contribution in [3.05, 3.63) is 0 Å². The molecular formula is C14H28O6Si. The molecule has 0 bridgehead atoms. The maximum Gasteiger partial charge on any atom is 0.307 e. The number of unbranched alkanes of at least 4 members (excludes halogenated alkanes) is 2. The highest BCUT2D eigenvalue weighted by Gasteiger charge is 2.20. The lowest BCUT2D eigenvalue weighted by Gasteiger charge is -2.16. The summed E-state index contributed by atoms with van der Waals surface area (Å²) in [6, 6.07) is 1.10. The number of rotatable bonds is 14. The standard InChI is InChI=1S/C14H28O6Si/c1-3-19-14(20-4-2)21-9-7-5-6-8-11(13(17)18)10-12(15)16/h11,14H,3-10,21H2,1-2H3,(H,15,16)(H,17,18). The van der Waals surface area contributed by atoms with E-state index >= 15 is 0 Å². The second-order valence-electron chi connectivity index (χ2n) is 4.96. The molecule has 0 heterocycles. The van der Waals surface area contributed by atoms with E-state index in [1.165, 1.54) is 0 Å². The summed E-state index contributed by atoms with van der Waals surface area (Å²) in [6.07, 6.45) is 2.86. The number of hydrogen-bond acceptors (Lipinski definition) is 4. The zero-order chi connectivity index (χ0) is 16.1. The van der Waals surface area contributed by atoms with Crippen LogP contribution in [0.2, 0.25) is 6.04 Å². The van der Waals surface area contributed by atoms with Gasteiger partial charge in [0.05, 0.1) is 21.9 Å². The lowest BCUT2D eigenvalue weighted by atomic mass is 9.98. The molecule has 1 unspecified atom stereocenters. The van der Waals surface area contributed by atoms with Crippen LogP contribution in [0.15, 0.2) is 0 Å². The topological polar surface area (TPSA) is 93.1 Å². The Morgan fingerprint density at radius 2 is 1.67 bits per heavy atom. The molecule has 0 saturated carbocycles. The first kappa shape index (κ1) is 20.1. The summed E-state index contributed by atoms with van der Waals surface area (Å²) < 4.78 is 11.0. The number of carbonyl (C=O) groups is 2. The molecule has 0 aromatic rings. The summed E-state index contributed by atoms with van der Waals surface area (Å²) in [5, 5.41) is 17.6. The lowest BCUT2D eigenvalue weighted by molar-refractivity contribution is -0.148. The molecule has 0 aromatic heterocycles. The summed E-state index contributed by atoms with van der Waals surface area (Å²) in [6.45, 7) is 5.23. The van der Waals surface area contributed by atoms with E-state index in [9.17, 15) is 9.59 Å². The van der Waals surface area contributed by atoms with E-state index in [1.807, 2.05) is 13.8 Å². The van der Waals surface area contributed by atoms with Gasteiger partial charge in [0.25, 0.3) is 0 Å². The molecule has 0 amide bonds. The third-order valence-electron chi connectivity index (χ3n) is 3.22. The van der Waals surface area contributed by atoms with Crippen molar-refractivity contribution in [1.29, 1.82) is 0 Å². The van der Waals surface area contributed by atoms with Crippen molar-refractivity contribution in [2.45, 2.75) is 57.9 Å². The van der Waals surface area contributed by atoms with Gasteiger partial charge in [-0.1, -0.05) is 25.3 Å². The summed E-state index contributed by atoms with van der Waals surface area (Å²) in [5.41, 5.74) is 0. The first-order valence-corrected chi connectivity index (χ1v) is 9.50. The SMILES string of the molecule is CCOC(OCC)[SiH2]CCCCCC(CC(=O)O)C(=O)O. The highest BCUT2D eigenvalue weighted by molar-refractivity contribution is 6.36. The Kier molecular flexibility index (Phi) is 12.2. The maximum absolute atomic E-state index is 10.9. The Labute approximate surface area is 128 Å². The van der Waals surface area contributed by atoms with Gasteiger partial charge in [0.2, 0.25) is 0 Å². The largest absolute Gasteiger partial charge is 0.481 e. The minimum Gasteiger partial charge on any atom is -0.481 e. The van der Waals surface area contributed by atoms with E-state index in [-0.39, 0.29) is 12.3 Å². The van der Waals surface area contributed by atoms with Crippen molar-refractivity contribution in [2.75, 3.05) is 13.2 Å². The van der Waals surface area contributed by atoms with Crippen LogP contribution < -0.4 is 0 Å². The minimum atomic E-state index is -1.05. The fourth-order valence-electron chi connectivity index (χ4n) is 2.17. The summed E-state index contributed by atoms with van der Waals surface area (Å²) in [4.78, 5) is 21.5. The van der Waals surface area contributed by atoms with Gasteiger partial charge in [-0.15, -0.1) is 0 Å². The van der Waals surface area contributed by atoms with E-state index in [2.05, 4.69) is 0 Å². The smallest absolute Gasteiger partial charge is 0.307 e. The van der Waals surface area contributed by atoms with Gasteiger partial charge in [0, 0.05) is 13.2 Å². The normalized spacial score (nSPS) is 13.1. The van der Waals surface area contributed by atoms with Crippen molar-refractivity contribution in [3.8, 4) is 0 Å². The van der Waals surface area contributed by atoms with Crippen LogP contribution in [0.4, 0.5) is 0 Å². The predicted molar refractivity (Wildman–Crippen MR) is 82.2 cm³/mol. The second-order valence-corrected chi connectivity index (χ2v) is 6.92. The number of carboxylic acids is 2. The van der Waals surface area contributed by atoms with Crippen LogP contribution in [-0.4, -0.2) is 50.8 Å². The van der Waals surface area contributed by atoms with Crippen molar-refractivity contribution in [3.63, 3.8) is 0 Å². The van der Waals surface area contributed by atoms with Gasteiger partial charge in [-0.25, -0.2) is 0 Å². The molecule has 7 heteroatoms. The van der Waals surface area contributed by atoms with Crippen molar-refractivity contribution < 1.29 is 29.3 Å². The molecule has 0 spiro atoms. The Bertz CT molecular complexity index is 291. The van der Waals surface area contributed by atoms with Gasteiger partial charge in [-0.05, 0) is 20.3 Å². The van der Waals surface area contributed by atoms with Crippen molar-refractivity contribution in [1.82, 2.24) is 0 Å². The Morgan fingerprint density at radius 3 is 2.14 bits per heavy atom. The first-order chi connectivity index (χ1) is 10.0. The monoisotopic (exact) mass is 320 g/mol. The average Bonchev–Trinajstić information content (AvgIpc) is 2.41. The van der Waals surface area contributed by atoms with Gasteiger partial charge in [-0.3, -0.25) is 9.59 Å². The highest BCUT2D eigenvalue weighted by atomic mass is 28.2. The van der Waals surface area contributed by atoms with Gasteiger partial charge in [0.1, 0.15) is 5.91 Å². The third-order valence-corrected chi connectivity index (χ3v) is 5.07. The predicted octanol–water partition coefficient (Wildman–Crippen LogP) is 1.67. The Balaban J connectivity index is 3.73.